The normalized spacial score (nSPS) is 14.1. The average molecular weight is 612 g/mol. The van der Waals surface area contributed by atoms with Crippen LogP contribution in [0.1, 0.15) is 11.1 Å². The molecule has 1 aliphatic heterocycles. The quantitative estimate of drug-likeness (QED) is 0.347. The summed E-state index contributed by atoms with van der Waals surface area (Å²) < 4.78 is 79.0. The number of halogens is 4. The van der Waals surface area contributed by atoms with E-state index in [9.17, 15) is 26.4 Å². The van der Waals surface area contributed by atoms with E-state index in [0.717, 1.165) is 16.4 Å². The molecule has 0 aromatic heterocycles. The fourth-order valence-corrected chi connectivity index (χ4v) is 6.45. The summed E-state index contributed by atoms with van der Waals surface area (Å²) in [5.74, 6) is -0.0314. The van der Waals surface area contributed by atoms with Gasteiger partial charge in [0.2, 0.25) is 5.91 Å². The van der Waals surface area contributed by atoms with E-state index >= 15 is 0 Å². The van der Waals surface area contributed by atoms with Crippen molar-refractivity contribution < 1.29 is 35.9 Å². The van der Waals surface area contributed by atoms with Crippen molar-refractivity contribution >= 4 is 38.9 Å². The van der Waals surface area contributed by atoms with Crippen molar-refractivity contribution in [2.45, 2.75) is 18.0 Å². The van der Waals surface area contributed by atoms with Crippen LogP contribution in [0.3, 0.4) is 0 Å². The molecule has 220 valence electrons. The molecule has 0 bridgehead atoms. The molecule has 0 N–H and O–H groups in total. The summed E-state index contributed by atoms with van der Waals surface area (Å²) in [4.78, 5) is 16.6. The molecular weight excluding hydrogens is 583 g/mol. The Labute approximate surface area is 241 Å². The summed E-state index contributed by atoms with van der Waals surface area (Å²) in [6, 6.07) is 14.1. The first-order valence-electron chi connectivity index (χ1n) is 12.6. The molecule has 1 amide bonds. The number of alkyl halides is 3. The van der Waals surface area contributed by atoms with Gasteiger partial charge in [-0.2, -0.15) is 13.2 Å². The Bertz CT molecular complexity index is 1530. The SMILES string of the molecule is COc1ccc(N(CC(=O)N2CCN(c3cccc(C(F)(F)F)c3)CC2)S(=O)(=O)c2cc(C)ccc2OC)cc1Cl. The predicted molar refractivity (Wildman–Crippen MR) is 151 cm³/mol. The van der Waals surface area contributed by atoms with E-state index in [1.807, 2.05) is 0 Å². The van der Waals surface area contributed by atoms with Gasteiger partial charge in [-0.3, -0.25) is 9.10 Å². The van der Waals surface area contributed by atoms with E-state index in [1.54, 1.807) is 24.0 Å². The van der Waals surface area contributed by atoms with Crippen LogP contribution in [0, 0.1) is 6.92 Å². The third-order valence-electron chi connectivity index (χ3n) is 6.76. The fourth-order valence-electron chi connectivity index (χ4n) is 4.55. The van der Waals surface area contributed by atoms with Gasteiger partial charge < -0.3 is 19.3 Å². The zero-order valence-electron chi connectivity index (χ0n) is 22.6. The lowest BCUT2D eigenvalue weighted by Crippen LogP contribution is -2.52. The van der Waals surface area contributed by atoms with Gasteiger partial charge in [0.15, 0.2) is 0 Å². The molecule has 8 nitrogen and oxygen atoms in total. The van der Waals surface area contributed by atoms with E-state index in [4.69, 9.17) is 21.1 Å². The zero-order valence-corrected chi connectivity index (χ0v) is 24.2. The molecule has 1 aliphatic rings. The number of benzene rings is 3. The number of methoxy groups -OCH3 is 2. The van der Waals surface area contributed by atoms with Crippen molar-refractivity contribution in [1.29, 1.82) is 0 Å². The average Bonchev–Trinajstić information content (AvgIpc) is 2.95. The van der Waals surface area contributed by atoms with E-state index in [0.29, 0.717) is 17.0 Å². The summed E-state index contributed by atoms with van der Waals surface area (Å²) >= 11 is 6.31. The van der Waals surface area contributed by atoms with Crippen LogP contribution in [0.15, 0.2) is 65.6 Å². The van der Waals surface area contributed by atoms with Crippen LogP contribution in [0.2, 0.25) is 5.02 Å². The monoisotopic (exact) mass is 611 g/mol. The van der Waals surface area contributed by atoms with Crippen molar-refractivity contribution in [3.8, 4) is 11.5 Å². The number of rotatable bonds is 8. The number of hydrogen-bond donors (Lipinski definition) is 0. The Hall–Kier alpha value is -3.64. The minimum Gasteiger partial charge on any atom is -0.495 e. The van der Waals surface area contributed by atoms with Gasteiger partial charge in [0.05, 0.1) is 30.5 Å². The first kappa shape index (κ1) is 30.3. The van der Waals surface area contributed by atoms with Crippen LogP contribution in [-0.2, 0) is 21.0 Å². The molecule has 0 unspecified atom stereocenters. The van der Waals surface area contributed by atoms with Crippen molar-refractivity contribution in [3.05, 3.63) is 76.8 Å². The van der Waals surface area contributed by atoms with E-state index in [2.05, 4.69) is 0 Å². The Kier molecular flexibility index (Phi) is 8.93. The Morgan fingerprint density at radius 2 is 1.61 bits per heavy atom. The molecular formula is C28H29ClF3N3O5S. The first-order valence-corrected chi connectivity index (χ1v) is 14.4. The molecule has 1 fully saturated rings. The molecule has 4 rings (SSSR count). The molecule has 0 saturated carbocycles. The number of aryl methyl sites for hydroxylation is 1. The largest absolute Gasteiger partial charge is 0.495 e. The highest BCUT2D eigenvalue weighted by Gasteiger charge is 2.34. The minimum atomic E-state index is -4.47. The van der Waals surface area contributed by atoms with Crippen LogP contribution in [-0.4, -0.2) is 66.2 Å². The minimum absolute atomic E-state index is 0.113. The molecule has 13 heteroatoms. The summed E-state index contributed by atoms with van der Waals surface area (Å²) in [6.07, 6.45) is -4.47. The predicted octanol–water partition coefficient (Wildman–Crippen LogP) is 5.23. The van der Waals surface area contributed by atoms with Crippen LogP contribution >= 0.6 is 11.6 Å². The number of ether oxygens (including phenoxy) is 2. The highest BCUT2D eigenvalue weighted by atomic mass is 35.5. The van der Waals surface area contributed by atoms with E-state index in [-0.39, 0.29) is 47.5 Å². The number of nitrogens with zero attached hydrogens (tertiary/aromatic N) is 3. The van der Waals surface area contributed by atoms with E-state index in [1.165, 1.54) is 55.5 Å². The van der Waals surface area contributed by atoms with Gasteiger partial charge >= 0.3 is 6.18 Å². The number of piperazine rings is 1. The zero-order chi connectivity index (χ0) is 29.9. The number of carbonyl (C=O) groups is 1. The standard InChI is InChI=1S/C28H29ClF3N3O5S/c1-19-7-9-25(40-3)26(15-19)41(37,38)35(22-8-10-24(39-2)23(29)17-22)18-27(36)34-13-11-33(12-14-34)21-6-4-5-20(16-21)28(30,31)32/h4-10,15-17H,11-14,18H2,1-3H3. The Morgan fingerprint density at radius 3 is 2.22 bits per heavy atom. The summed E-state index contributed by atoms with van der Waals surface area (Å²) in [6.45, 7) is 2.15. The molecule has 1 heterocycles. The number of carbonyl (C=O) groups excluding carboxylic acids is 1. The van der Waals surface area contributed by atoms with Gasteiger partial charge in [0, 0.05) is 31.9 Å². The van der Waals surface area contributed by atoms with Gasteiger partial charge in [-0.15, -0.1) is 0 Å². The maximum Gasteiger partial charge on any atom is 0.416 e. The third-order valence-corrected chi connectivity index (χ3v) is 8.85. The van der Waals surface area contributed by atoms with Gasteiger partial charge in [-0.05, 0) is 61.0 Å². The number of sulfonamides is 1. The van der Waals surface area contributed by atoms with Crippen LogP contribution < -0.4 is 18.7 Å². The molecule has 1 saturated heterocycles. The number of hydrogen-bond acceptors (Lipinski definition) is 6. The second kappa shape index (κ2) is 12.1. The highest BCUT2D eigenvalue weighted by molar-refractivity contribution is 7.93. The molecule has 0 radical (unpaired) electrons. The van der Waals surface area contributed by atoms with Gasteiger partial charge in [-0.25, -0.2) is 8.42 Å². The lowest BCUT2D eigenvalue weighted by molar-refractivity contribution is -0.137. The second-order valence-corrected chi connectivity index (χ2v) is 11.6. The second-order valence-electron chi connectivity index (χ2n) is 9.40. The van der Waals surface area contributed by atoms with Gasteiger partial charge in [0.1, 0.15) is 22.9 Å². The van der Waals surface area contributed by atoms with Gasteiger partial charge in [-0.1, -0.05) is 23.7 Å². The topological polar surface area (TPSA) is 79.4 Å². The highest BCUT2D eigenvalue weighted by Crippen LogP contribution is 2.35. The van der Waals surface area contributed by atoms with Crippen LogP contribution in [0.5, 0.6) is 11.5 Å². The third kappa shape index (κ3) is 6.65. The number of amides is 1. The smallest absolute Gasteiger partial charge is 0.416 e. The molecule has 3 aromatic carbocycles. The van der Waals surface area contributed by atoms with Crippen molar-refractivity contribution in [2.75, 3.05) is 56.1 Å². The summed E-state index contributed by atoms with van der Waals surface area (Å²) in [5.41, 5.74) is 0.471. The van der Waals surface area contributed by atoms with Crippen molar-refractivity contribution in [2.24, 2.45) is 0 Å². The fraction of sp³-hybridized carbons (Fsp3) is 0.321. The molecule has 0 aliphatic carbocycles. The molecule has 0 atom stereocenters. The number of anilines is 2. The lowest BCUT2D eigenvalue weighted by Gasteiger charge is -2.37. The summed E-state index contributed by atoms with van der Waals surface area (Å²) in [7, 11) is -1.54. The molecule has 3 aromatic rings. The van der Waals surface area contributed by atoms with Crippen LogP contribution in [0.25, 0.3) is 0 Å². The maximum absolute atomic E-state index is 14.0. The Balaban J connectivity index is 1.59. The molecule has 0 spiro atoms. The van der Waals surface area contributed by atoms with Crippen LogP contribution in [0.4, 0.5) is 24.5 Å². The van der Waals surface area contributed by atoms with E-state index < -0.39 is 34.2 Å². The van der Waals surface area contributed by atoms with Crippen molar-refractivity contribution in [3.63, 3.8) is 0 Å². The van der Waals surface area contributed by atoms with Gasteiger partial charge in [0.25, 0.3) is 10.0 Å². The lowest BCUT2D eigenvalue weighted by atomic mass is 10.1. The first-order chi connectivity index (χ1) is 19.3. The Morgan fingerprint density at radius 1 is 0.951 bits per heavy atom. The van der Waals surface area contributed by atoms with Crippen molar-refractivity contribution in [1.82, 2.24) is 4.90 Å². The summed E-state index contributed by atoms with van der Waals surface area (Å²) in [5, 5.41) is 0.156. The maximum atomic E-state index is 14.0. The molecule has 41 heavy (non-hydrogen) atoms.